The van der Waals surface area contributed by atoms with Crippen molar-refractivity contribution in [2.24, 2.45) is 5.10 Å². The summed E-state index contributed by atoms with van der Waals surface area (Å²) in [6.07, 6.45) is 1.59. The molecule has 0 aliphatic rings. The lowest BCUT2D eigenvalue weighted by Gasteiger charge is -2.09. The van der Waals surface area contributed by atoms with Crippen LogP contribution in [0.15, 0.2) is 88.4 Å². The van der Waals surface area contributed by atoms with Crippen LogP contribution in [-0.4, -0.2) is 21.9 Å². The van der Waals surface area contributed by atoms with Crippen molar-refractivity contribution in [2.75, 3.05) is 0 Å². The molecule has 1 amide bonds. The van der Waals surface area contributed by atoms with Crippen LogP contribution in [0.4, 0.5) is 0 Å². The number of para-hydroxylation sites is 1. The molecule has 4 rings (SSSR count). The lowest BCUT2D eigenvalue weighted by atomic mass is 10.1. The summed E-state index contributed by atoms with van der Waals surface area (Å²) < 4.78 is 8.93. The second kappa shape index (κ2) is 10.9. The molecule has 1 heterocycles. The summed E-state index contributed by atoms with van der Waals surface area (Å²) in [7, 11) is 0. The third-order valence-corrected chi connectivity index (χ3v) is 5.78. The zero-order valence-electron chi connectivity index (χ0n) is 19.0. The molecule has 172 valence electrons. The van der Waals surface area contributed by atoms with Gasteiger partial charge in [0, 0.05) is 21.3 Å². The Morgan fingerprint density at radius 1 is 1.03 bits per heavy atom. The SMILES string of the molecule is Cc1cc(C)n(Cc2ccc(C(=O)N/N=C/c3ccccc3OCc3ccc(Br)cc3)cc2)n1. The van der Waals surface area contributed by atoms with Crippen LogP contribution in [0.1, 0.15) is 38.4 Å². The third-order valence-electron chi connectivity index (χ3n) is 5.25. The number of benzene rings is 3. The van der Waals surface area contributed by atoms with Crippen LogP contribution in [0.25, 0.3) is 0 Å². The number of nitrogens with zero attached hydrogens (tertiary/aromatic N) is 3. The van der Waals surface area contributed by atoms with E-state index < -0.39 is 0 Å². The van der Waals surface area contributed by atoms with Crippen LogP contribution in [-0.2, 0) is 13.2 Å². The average Bonchev–Trinajstić information content (AvgIpc) is 3.16. The Labute approximate surface area is 207 Å². The molecule has 0 unspecified atom stereocenters. The standard InChI is InChI=1S/C27H25BrN4O2/c1-19-15-20(2)32(31-19)17-21-7-11-23(12-8-21)27(33)30-29-16-24-5-3-4-6-26(24)34-18-22-9-13-25(28)14-10-22/h3-16H,17-18H2,1-2H3,(H,30,33)/b29-16+. The van der Waals surface area contributed by atoms with Gasteiger partial charge < -0.3 is 4.74 Å². The molecule has 4 aromatic rings. The molecule has 0 atom stereocenters. The zero-order chi connectivity index (χ0) is 23.9. The lowest BCUT2D eigenvalue weighted by molar-refractivity contribution is 0.0955. The van der Waals surface area contributed by atoms with Crippen molar-refractivity contribution in [1.29, 1.82) is 0 Å². The lowest BCUT2D eigenvalue weighted by Crippen LogP contribution is -2.17. The van der Waals surface area contributed by atoms with Crippen LogP contribution in [0.5, 0.6) is 5.75 Å². The molecule has 0 aliphatic carbocycles. The van der Waals surface area contributed by atoms with Gasteiger partial charge in [-0.1, -0.05) is 52.3 Å². The minimum Gasteiger partial charge on any atom is -0.488 e. The van der Waals surface area contributed by atoms with Gasteiger partial charge in [-0.2, -0.15) is 10.2 Å². The van der Waals surface area contributed by atoms with E-state index in [1.807, 2.05) is 85.3 Å². The maximum atomic E-state index is 12.5. The molecule has 3 aromatic carbocycles. The van der Waals surface area contributed by atoms with Crippen molar-refractivity contribution in [2.45, 2.75) is 27.0 Å². The first-order valence-corrected chi connectivity index (χ1v) is 11.7. The Hall–Kier alpha value is -3.71. The summed E-state index contributed by atoms with van der Waals surface area (Å²) in [4.78, 5) is 12.5. The number of amides is 1. The van der Waals surface area contributed by atoms with E-state index in [0.717, 1.165) is 32.6 Å². The van der Waals surface area contributed by atoms with Crippen LogP contribution in [0.3, 0.4) is 0 Å². The molecule has 7 heteroatoms. The van der Waals surface area contributed by atoms with Crippen LogP contribution < -0.4 is 10.2 Å². The molecule has 0 fully saturated rings. The maximum absolute atomic E-state index is 12.5. The van der Waals surface area contributed by atoms with Crippen LogP contribution >= 0.6 is 15.9 Å². The van der Waals surface area contributed by atoms with E-state index in [0.29, 0.717) is 24.5 Å². The van der Waals surface area contributed by atoms with Gasteiger partial charge in [0.2, 0.25) is 0 Å². The molecule has 6 nitrogen and oxygen atoms in total. The summed E-state index contributed by atoms with van der Waals surface area (Å²) in [5, 5.41) is 8.60. The van der Waals surface area contributed by atoms with E-state index >= 15 is 0 Å². The van der Waals surface area contributed by atoms with Gasteiger partial charge in [0.25, 0.3) is 5.91 Å². The Morgan fingerprint density at radius 2 is 1.74 bits per heavy atom. The number of hydrazone groups is 1. The quantitative estimate of drug-likeness (QED) is 0.243. The molecule has 0 saturated carbocycles. The van der Waals surface area contributed by atoms with Gasteiger partial charge in [-0.3, -0.25) is 9.48 Å². The third kappa shape index (κ3) is 6.20. The Morgan fingerprint density at radius 3 is 2.44 bits per heavy atom. The summed E-state index contributed by atoms with van der Waals surface area (Å²) in [5.74, 6) is 0.416. The number of hydrogen-bond donors (Lipinski definition) is 1. The topological polar surface area (TPSA) is 68.5 Å². The number of halogens is 1. The van der Waals surface area contributed by atoms with Gasteiger partial charge in [-0.25, -0.2) is 5.43 Å². The predicted octanol–water partition coefficient (Wildman–Crippen LogP) is 5.65. The monoisotopic (exact) mass is 516 g/mol. The summed E-state index contributed by atoms with van der Waals surface area (Å²) in [6.45, 7) is 5.11. The number of nitrogens with one attached hydrogen (secondary N) is 1. The molecule has 0 saturated heterocycles. The van der Waals surface area contributed by atoms with Crippen molar-refractivity contribution in [3.8, 4) is 5.75 Å². The molecule has 0 bridgehead atoms. The van der Waals surface area contributed by atoms with Gasteiger partial charge in [0.05, 0.1) is 18.5 Å². The molecule has 1 aromatic heterocycles. The second-order valence-corrected chi connectivity index (χ2v) is 8.85. The van der Waals surface area contributed by atoms with E-state index in [-0.39, 0.29) is 5.91 Å². The van der Waals surface area contributed by atoms with Crippen molar-refractivity contribution < 1.29 is 9.53 Å². The minimum absolute atomic E-state index is 0.276. The number of ether oxygens (including phenoxy) is 1. The fraction of sp³-hybridized carbons (Fsp3) is 0.148. The molecule has 0 radical (unpaired) electrons. The van der Waals surface area contributed by atoms with Crippen molar-refractivity contribution in [3.05, 3.63) is 117 Å². The first-order valence-electron chi connectivity index (χ1n) is 10.9. The second-order valence-electron chi connectivity index (χ2n) is 7.93. The zero-order valence-corrected chi connectivity index (χ0v) is 20.6. The Kier molecular flexibility index (Phi) is 7.54. The molecular weight excluding hydrogens is 492 g/mol. The number of aromatic nitrogens is 2. The van der Waals surface area contributed by atoms with Crippen LogP contribution in [0.2, 0.25) is 0 Å². The van der Waals surface area contributed by atoms with Crippen molar-refractivity contribution >= 4 is 28.1 Å². The highest BCUT2D eigenvalue weighted by Gasteiger charge is 2.07. The van der Waals surface area contributed by atoms with Gasteiger partial charge in [-0.15, -0.1) is 0 Å². The van der Waals surface area contributed by atoms with Gasteiger partial charge in [-0.05, 0) is 67.4 Å². The largest absolute Gasteiger partial charge is 0.488 e. The van der Waals surface area contributed by atoms with E-state index in [2.05, 4.69) is 31.6 Å². The molecule has 0 aliphatic heterocycles. The maximum Gasteiger partial charge on any atom is 0.271 e. The number of rotatable bonds is 8. The smallest absolute Gasteiger partial charge is 0.271 e. The van der Waals surface area contributed by atoms with Crippen LogP contribution in [0, 0.1) is 13.8 Å². The number of aryl methyl sites for hydroxylation is 2. The van der Waals surface area contributed by atoms with Gasteiger partial charge in [0.1, 0.15) is 12.4 Å². The first kappa shape index (κ1) is 23.4. The Balaban J connectivity index is 1.34. The average molecular weight is 517 g/mol. The minimum atomic E-state index is -0.276. The first-order chi connectivity index (χ1) is 16.5. The highest BCUT2D eigenvalue weighted by atomic mass is 79.9. The number of carbonyl (C=O) groups excluding carboxylic acids is 1. The van der Waals surface area contributed by atoms with Gasteiger partial charge in [0.15, 0.2) is 0 Å². The molecule has 0 spiro atoms. The van der Waals surface area contributed by atoms with Crippen molar-refractivity contribution in [3.63, 3.8) is 0 Å². The summed E-state index contributed by atoms with van der Waals surface area (Å²) in [5.41, 5.74) is 8.13. The number of hydrogen-bond acceptors (Lipinski definition) is 4. The molecular formula is C27H25BrN4O2. The van der Waals surface area contributed by atoms with E-state index in [4.69, 9.17) is 4.74 Å². The van der Waals surface area contributed by atoms with E-state index in [1.54, 1.807) is 18.3 Å². The molecule has 1 N–H and O–H groups in total. The number of carbonyl (C=O) groups is 1. The summed E-state index contributed by atoms with van der Waals surface area (Å²) in [6, 6.07) is 25.0. The van der Waals surface area contributed by atoms with Crippen molar-refractivity contribution in [1.82, 2.24) is 15.2 Å². The van der Waals surface area contributed by atoms with Gasteiger partial charge >= 0.3 is 0 Å². The predicted molar refractivity (Wildman–Crippen MR) is 137 cm³/mol. The highest BCUT2D eigenvalue weighted by molar-refractivity contribution is 9.10. The molecule has 34 heavy (non-hydrogen) atoms. The summed E-state index contributed by atoms with van der Waals surface area (Å²) >= 11 is 3.43. The van der Waals surface area contributed by atoms with E-state index in [1.165, 1.54) is 0 Å². The van der Waals surface area contributed by atoms with E-state index in [9.17, 15) is 4.79 Å². The fourth-order valence-electron chi connectivity index (χ4n) is 3.45. The normalized spacial score (nSPS) is 11.0. The highest BCUT2D eigenvalue weighted by Crippen LogP contribution is 2.18. The fourth-order valence-corrected chi connectivity index (χ4v) is 3.72. The Bertz CT molecular complexity index is 1300.